The lowest BCUT2D eigenvalue weighted by atomic mass is 10.0. The van der Waals surface area contributed by atoms with Gasteiger partial charge in [-0.2, -0.15) is 18.2 Å². The number of nitrogens with zero attached hydrogens (tertiary/aromatic N) is 2. The van der Waals surface area contributed by atoms with E-state index < -0.39 is 23.8 Å². The highest BCUT2D eigenvalue weighted by Gasteiger charge is 2.35. The lowest BCUT2D eigenvalue weighted by molar-refractivity contribution is -0.137. The van der Waals surface area contributed by atoms with Crippen LogP contribution in [0.2, 0.25) is 5.02 Å². The van der Waals surface area contributed by atoms with Crippen molar-refractivity contribution < 1.29 is 22.7 Å². The van der Waals surface area contributed by atoms with Crippen molar-refractivity contribution in [2.45, 2.75) is 12.2 Å². The third-order valence-corrected chi connectivity index (χ3v) is 5.22. The van der Waals surface area contributed by atoms with Crippen LogP contribution < -0.4 is 20.7 Å². The van der Waals surface area contributed by atoms with Crippen LogP contribution in [0.1, 0.15) is 17.2 Å². The maximum Gasteiger partial charge on any atom is 0.416 e. The van der Waals surface area contributed by atoms with Gasteiger partial charge < -0.3 is 20.7 Å². The zero-order chi connectivity index (χ0) is 23.6. The van der Waals surface area contributed by atoms with E-state index in [9.17, 15) is 18.0 Å². The minimum absolute atomic E-state index is 0.149. The van der Waals surface area contributed by atoms with Crippen LogP contribution in [0.3, 0.4) is 0 Å². The summed E-state index contributed by atoms with van der Waals surface area (Å²) >= 11 is 5.88. The minimum Gasteiger partial charge on any atom is -0.457 e. The first-order valence-electron chi connectivity index (χ1n) is 9.82. The Morgan fingerprint density at radius 2 is 1.70 bits per heavy atom. The molecule has 1 atom stereocenters. The number of anilines is 1. The number of primary amides is 1. The first-order chi connectivity index (χ1) is 15.7. The summed E-state index contributed by atoms with van der Waals surface area (Å²) in [6, 6.07) is 17.3. The fourth-order valence-electron chi connectivity index (χ4n) is 3.51. The number of rotatable bonds is 4. The van der Waals surface area contributed by atoms with Gasteiger partial charge in [0.15, 0.2) is 0 Å². The fourth-order valence-corrected chi connectivity index (χ4v) is 3.64. The summed E-state index contributed by atoms with van der Waals surface area (Å²) < 4.78 is 45.5. The molecule has 6 nitrogen and oxygen atoms in total. The Hall–Kier alpha value is -3.72. The van der Waals surface area contributed by atoms with Gasteiger partial charge >= 0.3 is 12.2 Å². The molecule has 1 fully saturated rings. The molecule has 2 amide bonds. The SMILES string of the molecule is NC(=O)/N=C1\NC[C@H](c2cccc(C(F)(F)F)c2)N1c1ccc(Oc2ccc(Cl)cc2)cc1. The summed E-state index contributed by atoms with van der Waals surface area (Å²) in [7, 11) is 0. The van der Waals surface area contributed by atoms with Gasteiger partial charge in [0.25, 0.3) is 0 Å². The Balaban J connectivity index is 1.65. The molecule has 1 heterocycles. The molecule has 0 spiro atoms. The molecule has 1 saturated heterocycles. The van der Waals surface area contributed by atoms with Crippen molar-refractivity contribution >= 4 is 29.3 Å². The van der Waals surface area contributed by atoms with E-state index in [-0.39, 0.29) is 12.5 Å². The smallest absolute Gasteiger partial charge is 0.416 e. The number of benzene rings is 3. The molecule has 10 heteroatoms. The molecule has 4 rings (SSSR count). The summed E-state index contributed by atoms with van der Waals surface area (Å²) in [6.45, 7) is 0.233. The minimum atomic E-state index is -4.47. The number of carbonyl (C=O) groups is 1. The van der Waals surface area contributed by atoms with Crippen molar-refractivity contribution in [1.82, 2.24) is 5.32 Å². The lowest BCUT2D eigenvalue weighted by Gasteiger charge is -2.26. The predicted octanol–water partition coefficient (Wildman–Crippen LogP) is 5.74. The van der Waals surface area contributed by atoms with E-state index in [4.69, 9.17) is 22.1 Å². The van der Waals surface area contributed by atoms with E-state index >= 15 is 0 Å². The van der Waals surface area contributed by atoms with E-state index in [0.717, 1.165) is 12.1 Å². The molecule has 0 saturated carbocycles. The van der Waals surface area contributed by atoms with Crippen molar-refractivity contribution in [2.24, 2.45) is 10.7 Å². The molecule has 0 aliphatic carbocycles. The topological polar surface area (TPSA) is 80.0 Å². The van der Waals surface area contributed by atoms with Gasteiger partial charge in [0.1, 0.15) is 11.5 Å². The number of amides is 2. The molecule has 0 radical (unpaired) electrons. The number of hydrogen-bond acceptors (Lipinski definition) is 2. The number of urea groups is 1. The highest BCUT2D eigenvalue weighted by Crippen LogP contribution is 2.36. The number of carbonyl (C=O) groups excluding carboxylic acids is 1. The number of nitrogens with one attached hydrogen (secondary N) is 1. The van der Waals surface area contributed by atoms with Gasteiger partial charge in [0.05, 0.1) is 11.6 Å². The average Bonchev–Trinajstić information content (AvgIpc) is 3.18. The Morgan fingerprint density at radius 3 is 2.30 bits per heavy atom. The van der Waals surface area contributed by atoms with Crippen LogP contribution in [-0.2, 0) is 6.18 Å². The molecule has 1 aliphatic rings. The Labute approximate surface area is 192 Å². The molecule has 1 aliphatic heterocycles. The molecule has 3 aromatic carbocycles. The summed E-state index contributed by atoms with van der Waals surface area (Å²) in [4.78, 5) is 16.8. The first kappa shape index (κ1) is 22.5. The molecule has 3 aromatic rings. The maximum absolute atomic E-state index is 13.2. The Kier molecular flexibility index (Phi) is 6.15. The van der Waals surface area contributed by atoms with Crippen LogP contribution in [0.5, 0.6) is 11.5 Å². The Bertz CT molecular complexity index is 1180. The summed E-state index contributed by atoms with van der Waals surface area (Å²) in [5.41, 5.74) is 5.47. The molecule has 0 bridgehead atoms. The molecular weight excluding hydrogens is 457 g/mol. The number of hydrogen-bond donors (Lipinski definition) is 2. The number of nitrogens with two attached hydrogens (primary N) is 1. The van der Waals surface area contributed by atoms with Crippen molar-refractivity contribution in [3.8, 4) is 11.5 Å². The predicted molar refractivity (Wildman–Crippen MR) is 120 cm³/mol. The number of ether oxygens (including phenoxy) is 1. The molecule has 0 aromatic heterocycles. The first-order valence-corrected chi connectivity index (χ1v) is 10.2. The van der Waals surface area contributed by atoms with Gasteiger partial charge in [0.2, 0.25) is 5.96 Å². The number of halogens is 4. The van der Waals surface area contributed by atoms with Gasteiger partial charge in [0, 0.05) is 17.3 Å². The maximum atomic E-state index is 13.2. The van der Waals surface area contributed by atoms with Crippen molar-refractivity contribution in [3.05, 3.63) is 88.9 Å². The van der Waals surface area contributed by atoms with Crippen molar-refractivity contribution in [3.63, 3.8) is 0 Å². The highest BCUT2D eigenvalue weighted by molar-refractivity contribution is 6.30. The molecule has 0 unspecified atom stereocenters. The van der Waals surface area contributed by atoms with Crippen molar-refractivity contribution in [2.75, 3.05) is 11.4 Å². The second kappa shape index (κ2) is 9.03. The molecule has 33 heavy (non-hydrogen) atoms. The summed E-state index contributed by atoms with van der Waals surface area (Å²) in [5, 5.41) is 3.54. The zero-order valence-electron chi connectivity index (χ0n) is 17.0. The van der Waals surface area contributed by atoms with Crippen LogP contribution in [0.15, 0.2) is 77.8 Å². The third-order valence-electron chi connectivity index (χ3n) is 4.97. The zero-order valence-corrected chi connectivity index (χ0v) is 17.8. The number of guanidine groups is 1. The van der Waals surface area contributed by atoms with Crippen LogP contribution in [0.4, 0.5) is 23.7 Å². The fraction of sp³-hybridized carbons (Fsp3) is 0.130. The highest BCUT2D eigenvalue weighted by atomic mass is 35.5. The Morgan fingerprint density at radius 1 is 1.06 bits per heavy atom. The van der Waals surface area contributed by atoms with E-state index in [1.165, 1.54) is 6.07 Å². The van der Waals surface area contributed by atoms with Gasteiger partial charge in [-0.1, -0.05) is 23.7 Å². The molecule has 170 valence electrons. The lowest BCUT2D eigenvalue weighted by Crippen LogP contribution is -2.33. The number of alkyl halides is 3. The van der Waals surface area contributed by atoms with E-state index in [1.54, 1.807) is 59.5 Å². The van der Waals surface area contributed by atoms with Crippen LogP contribution in [0, 0.1) is 0 Å². The second-order valence-corrected chi connectivity index (χ2v) is 7.65. The second-order valence-electron chi connectivity index (χ2n) is 7.21. The monoisotopic (exact) mass is 474 g/mol. The van der Waals surface area contributed by atoms with Gasteiger partial charge in [-0.3, -0.25) is 0 Å². The van der Waals surface area contributed by atoms with E-state index in [0.29, 0.717) is 27.8 Å². The normalized spacial score (nSPS) is 17.2. The molecular formula is C23H18ClF3N4O2. The standard InChI is InChI=1S/C23H18ClF3N4O2/c24-16-4-8-18(9-5-16)33-19-10-6-17(7-11-19)31-20(13-29-22(31)30-21(28)32)14-2-1-3-15(12-14)23(25,26)27/h1-12,20H,13H2,(H3,28,29,30,32)/t20-/m1/s1. The van der Waals surface area contributed by atoms with Crippen LogP contribution in [-0.4, -0.2) is 18.5 Å². The van der Waals surface area contributed by atoms with E-state index in [1.807, 2.05) is 0 Å². The summed E-state index contributed by atoms with van der Waals surface area (Å²) in [6.07, 6.45) is -4.47. The molecule has 3 N–H and O–H groups in total. The van der Waals surface area contributed by atoms with Crippen LogP contribution >= 0.6 is 11.6 Å². The quantitative estimate of drug-likeness (QED) is 0.505. The van der Waals surface area contributed by atoms with Gasteiger partial charge in [-0.15, -0.1) is 0 Å². The van der Waals surface area contributed by atoms with Gasteiger partial charge in [-0.25, -0.2) is 4.79 Å². The van der Waals surface area contributed by atoms with Crippen molar-refractivity contribution in [1.29, 1.82) is 0 Å². The van der Waals surface area contributed by atoms with Gasteiger partial charge in [-0.05, 0) is 66.2 Å². The van der Waals surface area contributed by atoms with Crippen LogP contribution in [0.25, 0.3) is 0 Å². The van der Waals surface area contributed by atoms with E-state index in [2.05, 4.69) is 10.3 Å². The largest absolute Gasteiger partial charge is 0.457 e. The summed E-state index contributed by atoms with van der Waals surface area (Å²) in [5.74, 6) is 1.28. The number of aliphatic imine (C=N–C) groups is 1. The average molecular weight is 475 g/mol. The third kappa shape index (κ3) is 5.20.